The van der Waals surface area contributed by atoms with E-state index in [1.54, 1.807) is 24.3 Å². The van der Waals surface area contributed by atoms with Gasteiger partial charge in [-0.2, -0.15) is 0 Å². The highest BCUT2D eigenvalue weighted by atomic mass is 16.2. The third kappa shape index (κ3) is 5.59. The molecule has 2 aromatic rings. The van der Waals surface area contributed by atoms with Crippen molar-refractivity contribution in [2.24, 2.45) is 0 Å². The minimum atomic E-state index is -0.309. The van der Waals surface area contributed by atoms with Crippen LogP contribution in [-0.2, 0) is 0 Å². The van der Waals surface area contributed by atoms with Gasteiger partial charge in [0, 0.05) is 23.0 Å². The Kier molecular flexibility index (Phi) is 6.69. The monoisotopic (exact) mass is 379 g/mol. The molecule has 0 aromatic heterocycles. The Hall–Kier alpha value is -2.82. The lowest BCUT2D eigenvalue weighted by molar-refractivity contribution is 0.0927. The second-order valence-electron chi connectivity index (χ2n) is 7.74. The number of hydrogen-bond donors (Lipinski definition) is 3. The minimum absolute atomic E-state index is 0.0480. The summed E-state index contributed by atoms with van der Waals surface area (Å²) in [5.74, 6) is 0.407. The van der Waals surface area contributed by atoms with Gasteiger partial charge in [0.15, 0.2) is 0 Å². The smallest absolute Gasteiger partial charge is 0.323 e. The lowest BCUT2D eigenvalue weighted by atomic mass is 9.95. The Labute approximate surface area is 166 Å². The molecule has 1 saturated carbocycles. The van der Waals surface area contributed by atoms with E-state index in [0.717, 1.165) is 18.5 Å². The van der Waals surface area contributed by atoms with Crippen LogP contribution in [0, 0.1) is 0 Å². The molecular formula is C23H29N3O2. The molecule has 0 spiro atoms. The van der Waals surface area contributed by atoms with Crippen molar-refractivity contribution < 1.29 is 9.59 Å². The van der Waals surface area contributed by atoms with E-state index >= 15 is 0 Å². The summed E-state index contributed by atoms with van der Waals surface area (Å²) in [5.41, 5.74) is 3.23. The number of anilines is 2. The Bertz CT molecular complexity index is 792. The Morgan fingerprint density at radius 1 is 0.821 bits per heavy atom. The molecule has 148 valence electrons. The molecule has 0 aliphatic heterocycles. The van der Waals surface area contributed by atoms with Gasteiger partial charge in [-0.25, -0.2) is 4.79 Å². The molecule has 0 unspecified atom stereocenters. The molecule has 3 amide bonds. The number of benzene rings is 2. The molecular weight excluding hydrogens is 350 g/mol. The van der Waals surface area contributed by atoms with E-state index in [4.69, 9.17) is 0 Å². The summed E-state index contributed by atoms with van der Waals surface area (Å²) in [6, 6.07) is 14.8. The largest absolute Gasteiger partial charge is 0.349 e. The summed E-state index contributed by atoms with van der Waals surface area (Å²) < 4.78 is 0. The zero-order valence-corrected chi connectivity index (χ0v) is 16.6. The normalized spacial score (nSPS) is 14.5. The first-order valence-corrected chi connectivity index (χ1v) is 10.1. The lowest BCUT2D eigenvalue weighted by Crippen LogP contribution is -2.36. The van der Waals surface area contributed by atoms with Crippen LogP contribution in [0.5, 0.6) is 0 Å². The van der Waals surface area contributed by atoms with Gasteiger partial charge in [-0.1, -0.05) is 45.2 Å². The quantitative estimate of drug-likeness (QED) is 0.640. The third-order valence-corrected chi connectivity index (χ3v) is 5.18. The van der Waals surface area contributed by atoms with Gasteiger partial charge in [0.1, 0.15) is 0 Å². The highest BCUT2D eigenvalue weighted by Gasteiger charge is 2.16. The maximum Gasteiger partial charge on any atom is 0.323 e. The lowest BCUT2D eigenvalue weighted by Gasteiger charge is -2.22. The number of rotatable bonds is 5. The van der Waals surface area contributed by atoms with Crippen LogP contribution in [0.4, 0.5) is 16.2 Å². The predicted molar refractivity (Wildman–Crippen MR) is 114 cm³/mol. The predicted octanol–water partition coefficient (Wildman–Crippen LogP) is 5.52. The van der Waals surface area contributed by atoms with Crippen LogP contribution in [0.15, 0.2) is 48.5 Å². The van der Waals surface area contributed by atoms with E-state index in [9.17, 15) is 9.59 Å². The second kappa shape index (κ2) is 9.40. The van der Waals surface area contributed by atoms with E-state index < -0.39 is 0 Å². The molecule has 5 nitrogen and oxygen atoms in total. The number of nitrogens with one attached hydrogen (secondary N) is 3. The third-order valence-electron chi connectivity index (χ3n) is 5.18. The van der Waals surface area contributed by atoms with E-state index in [0.29, 0.717) is 17.2 Å². The van der Waals surface area contributed by atoms with Gasteiger partial charge in [0.05, 0.1) is 0 Å². The van der Waals surface area contributed by atoms with Crippen LogP contribution in [0.3, 0.4) is 0 Å². The molecule has 1 aliphatic rings. The molecule has 2 aromatic carbocycles. The topological polar surface area (TPSA) is 70.2 Å². The van der Waals surface area contributed by atoms with Gasteiger partial charge in [0.2, 0.25) is 0 Å². The van der Waals surface area contributed by atoms with Gasteiger partial charge in [0.25, 0.3) is 5.91 Å². The fourth-order valence-electron chi connectivity index (χ4n) is 3.47. The Balaban J connectivity index is 1.51. The first kappa shape index (κ1) is 19.9. The maximum atomic E-state index is 12.4. The van der Waals surface area contributed by atoms with Gasteiger partial charge in [-0.05, 0) is 60.7 Å². The first-order valence-electron chi connectivity index (χ1n) is 10.1. The van der Waals surface area contributed by atoms with Gasteiger partial charge >= 0.3 is 6.03 Å². The van der Waals surface area contributed by atoms with Crippen LogP contribution in [-0.4, -0.2) is 18.0 Å². The molecule has 0 atom stereocenters. The number of amides is 3. The summed E-state index contributed by atoms with van der Waals surface area (Å²) in [6.07, 6.45) is 5.75. The van der Waals surface area contributed by atoms with Crippen molar-refractivity contribution in [1.29, 1.82) is 0 Å². The van der Waals surface area contributed by atoms with Gasteiger partial charge in [-0.3, -0.25) is 4.79 Å². The van der Waals surface area contributed by atoms with Crippen LogP contribution >= 0.6 is 0 Å². The minimum Gasteiger partial charge on any atom is -0.349 e. The number of carbonyl (C=O) groups is 2. The summed E-state index contributed by atoms with van der Waals surface area (Å²) in [7, 11) is 0. The fraction of sp³-hybridized carbons (Fsp3) is 0.391. The average Bonchev–Trinajstić information content (AvgIpc) is 2.69. The standard InChI is InChI=1S/C23H29N3O2/c1-16(2)17-8-12-20(13-9-17)25-23(28)26-21-14-10-18(11-15-21)22(27)24-19-6-4-3-5-7-19/h8-16,19H,3-7H2,1-2H3,(H,24,27)(H2,25,26,28). The van der Waals surface area contributed by atoms with Crippen LogP contribution in [0.1, 0.15) is 67.8 Å². The van der Waals surface area contributed by atoms with Crippen molar-refractivity contribution in [1.82, 2.24) is 5.32 Å². The van der Waals surface area contributed by atoms with Crippen molar-refractivity contribution in [3.63, 3.8) is 0 Å². The highest BCUT2D eigenvalue weighted by molar-refractivity contribution is 6.00. The van der Waals surface area contributed by atoms with Gasteiger partial charge in [-0.15, -0.1) is 0 Å². The zero-order chi connectivity index (χ0) is 19.9. The summed E-state index contributed by atoms with van der Waals surface area (Å²) in [6.45, 7) is 4.27. The molecule has 1 fully saturated rings. The van der Waals surface area contributed by atoms with Crippen LogP contribution in [0.2, 0.25) is 0 Å². The van der Waals surface area contributed by atoms with Crippen LogP contribution < -0.4 is 16.0 Å². The fourth-order valence-corrected chi connectivity index (χ4v) is 3.47. The molecule has 0 heterocycles. The maximum absolute atomic E-state index is 12.4. The van der Waals surface area contributed by atoms with E-state index in [2.05, 4.69) is 29.8 Å². The average molecular weight is 380 g/mol. The summed E-state index contributed by atoms with van der Waals surface area (Å²) >= 11 is 0. The molecule has 28 heavy (non-hydrogen) atoms. The van der Waals surface area contributed by atoms with E-state index in [1.165, 1.54) is 24.8 Å². The van der Waals surface area contributed by atoms with E-state index in [1.807, 2.05) is 24.3 Å². The second-order valence-corrected chi connectivity index (χ2v) is 7.74. The zero-order valence-electron chi connectivity index (χ0n) is 16.6. The summed E-state index contributed by atoms with van der Waals surface area (Å²) in [5, 5.41) is 8.71. The number of hydrogen-bond acceptors (Lipinski definition) is 2. The molecule has 3 N–H and O–H groups in total. The summed E-state index contributed by atoms with van der Waals surface area (Å²) in [4.78, 5) is 24.5. The van der Waals surface area contributed by atoms with Gasteiger partial charge < -0.3 is 16.0 Å². The Morgan fingerprint density at radius 3 is 1.89 bits per heavy atom. The highest BCUT2D eigenvalue weighted by Crippen LogP contribution is 2.19. The SMILES string of the molecule is CC(C)c1ccc(NC(=O)Nc2ccc(C(=O)NC3CCCCC3)cc2)cc1. The van der Waals surface area contributed by atoms with Crippen molar-refractivity contribution in [2.75, 3.05) is 10.6 Å². The van der Waals surface area contributed by atoms with Crippen molar-refractivity contribution >= 4 is 23.3 Å². The Morgan fingerprint density at radius 2 is 1.36 bits per heavy atom. The molecule has 3 rings (SSSR count). The van der Waals surface area contributed by atoms with Crippen molar-refractivity contribution in [3.8, 4) is 0 Å². The molecule has 1 aliphatic carbocycles. The number of carbonyl (C=O) groups excluding carboxylic acids is 2. The molecule has 0 bridgehead atoms. The van der Waals surface area contributed by atoms with Crippen LogP contribution in [0.25, 0.3) is 0 Å². The molecule has 5 heteroatoms. The van der Waals surface area contributed by atoms with E-state index in [-0.39, 0.29) is 18.0 Å². The number of urea groups is 1. The molecule has 0 saturated heterocycles. The first-order chi connectivity index (χ1) is 13.5. The van der Waals surface area contributed by atoms with Crippen molar-refractivity contribution in [3.05, 3.63) is 59.7 Å². The molecule has 0 radical (unpaired) electrons. The van der Waals surface area contributed by atoms with Crippen molar-refractivity contribution in [2.45, 2.75) is 57.9 Å².